The predicted octanol–water partition coefficient (Wildman–Crippen LogP) is 15.1. The van der Waals surface area contributed by atoms with Crippen molar-refractivity contribution in [1.82, 2.24) is 19.1 Å². The number of aromatic nitrogens is 4. The maximum Gasteiger partial charge on any atom is 0.165 e. The summed E-state index contributed by atoms with van der Waals surface area (Å²) in [6.45, 7) is 0. The molecular formula is C58H36N4. The number of rotatable bonds is 5. The molecule has 0 unspecified atom stereocenters. The number of hydrogen-bond acceptors (Lipinski definition) is 2. The minimum absolute atomic E-state index is 0.803. The highest BCUT2D eigenvalue weighted by Crippen LogP contribution is 2.43. The molecule has 0 amide bonds. The average molecular weight is 789 g/mol. The molecule has 13 rings (SSSR count). The van der Waals surface area contributed by atoms with E-state index in [1.165, 1.54) is 76.4 Å². The molecule has 288 valence electrons. The molecule has 10 aromatic carbocycles. The topological polar surface area (TPSA) is 35.6 Å². The van der Waals surface area contributed by atoms with E-state index >= 15 is 0 Å². The first-order valence-corrected chi connectivity index (χ1v) is 21.2. The summed E-state index contributed by atoms with van der Waals surface area (Å²) in [4.78, 5) is 10.9. The smallest absolute Gasteiger partial charge is 0.165 e. The van der Waals surface area contributed by atoms with E-state index in [2.05, 4.69) is 215 Å². The molecule has 0 N–H and O–H groups in total. The third kappa shape index (κ3) is 5.20. The molecule has 3 aromatic heterocycles. The molecule has 0 spiro atoms. The molecule has 0 fully saturated rings. The van der Waals surface area contributed by atoms with Crippen molar-refractivity contribution in [3.63, 3.8) is 0 Å². The highest BCUT2D eigenvalue weighted by Gasteiger charge is 2.23. The van der Waals surface area contributed by atoms with Crippen LogP contribution in [0, 0.1) is 0 Å². The van der Waals surface area contributed by atoms with Crippen LogP contribution in [0.2, 0.25) is 0 Å². The van der Waals surface area contributed by atoms with E-state index in [0.29, 0.717) is 0 Å². The fourth-order valence-corrected chi connectivity index (χ4v) is 9.93. The highest BCUT2D eigenvalue weighted by atomic mass is 15.1. The molecule has 0 aliphatic carbocycles. The second-order valence-electron chi connectivity index (χ2n) is 16.1. The van der Waals surface area contributed by atoms with Crippen LogP contribution in [-0.4, -0.2) is 19.1 Å². The number of hydrogen-bond donors (Lipinski definition) is 0. The summed E-state index contributed by atoms with van der Waals surface area (Å²) in [6.07, 6.45) is 0. The minimum Gasteiger partial charge on any atom is -0.309 e. The molecule has 0 radical (unpaired) electrons. The Morgan fingerprint density at radius 2 is 0.871 bits per heavy atom. The Morgan fingerprint density at radius 1 is 0.306 bits per heavy atom. The van der Waals surface area contributed by atoms with Crippen LogP contribution in [-0.2, 0) is 0 Å². The summed E-state index contributed by atoms with van der Waals surface area (Å²) in [5, 5.41) is 9.73. The largest absolute Gasteiger partial charge is 0.309 e. The van der Waals surface area contributed by atoms with Crippen molar-refractivity contribution >= 4 is 76.2 Å². The zero-order valence-electron chi connectivity index (χ0n) is 33.6. The molecule has 0 aliphatic heterocycles. The van der Waals surface area contributed by atoms with Crippen LogP contribution in [0.25, 0.3) is 121 Å². The number of nitrogens with zero attached hydrogens (tertiary/aromatic N) is 4. The molecule has 13 aromatic rings. The SMILES string of the molecule is c1ccc(-n2c3ccccc3c3c(-c4ccc5c(c4)c4c6ccccc6ccc4n5-c4nc5ccccc5nc4-c4ccc(-c5cccc6ccccc56)cc4)cccc32)cc1. The third-order valence-electron chi connectivity index (χ3n) is 12.7. The van der Waals surface area contributed by atoms with E-state index in [1.807, 2.05) is 12.1 Å². The van der Waals surface area contributed by atoms with Gasteiger partial charge in [-0.3, -0.25) is 4.57 Å². The van der Waals surface area contributed by atoms with Gasteiger partial charge in [0.05, 0.1) is 33.1 Å². The van der Waals surface area contributed by atoms with Crippen molar-refractivity contribution in [1.29, 1.82) is 0 Å². The molecule has 4 heteroatoms. The Bertz CT molecular complexity index is 3910. The number of para-hydroxylation sites is 4. The monoisotopic (exact) mass is 788 g/mol. The van der Waals surface area contributed by atoms with E-state index in [-0.39, 0.29) is 0 Å². The first-order chi connectivity index (χ1) is 30.8. The van der Waals surface area contributed by atoms with Gasteiger partial charge in [0.25, 0.3) is 0 Å². The summed E-state index contributed by atoms with van der Waals surface area (Å²) in [5.41, 5.74) is 14.0. The van der Waals surface area contributed by atoms with Crippen LogP contribution in [0.1, 0.15) is 0 Å². The van der Waals surface area contributed by atoms with Gasteiger partial charge in [0, 0.05) is 32.8 Å². The van der Waals surface area contributed by atoms with Gasteiger partial charge in [0.1, 0.15) is 5.69 Å². The molecule has 0 saturated carbocycles. The molecular weight excluding hydrogens is 753 g/mol. The molecule has 0 aliphatic rings. The van der Waals surface area contributed by atoms with Gasteiger partial charge in [-0.25, -0.2) is 9.97 Å². The minimum atomic E-state index is 0.803. The van der Waals surface area contributed by atoms with Gasteiger partial charge in [0.15, 0.2) is 5.82 Å². The zero-order valence-corrected chi connectivity index (χ0v) is 33.6. The second-order valence-corrected chi connectivity index (χ2v) is 16.1. The molecule has 62 heavy (non-hydrogen) atoms. The van der Waals surface area contributed by atoms with Gasteiger partial charge in [0.2, 0.25) is 0 Å². The van der Waals surface area contributed by atoms with Gasteiger partial charge >= 0.3 is 0 Å². The van der Waals surface area contributed by atoms with Crippen LogP contribution in [0.15, 0.2) is 218 Å². The Labute approximate surface area is 357 Å². The fourth-order valence-electron chi connectivity index (χ4n) is 9.93. The molecule has 3 heterocycles. The lowest BCUT2D eigenvalue weighted by molar-refractivity contribution is 1.08. The Morgan fingerprint density at radius 3 is 1.71 bits per heavy atom. The second kappa shape index (κ2) is 13.6. The fraction of sp³-hybridized carbons (Fsp3) is 0. The van der Waals surface area contributed by atoms with E-state index in [4.69, 9.17) is 9.97 Å². The van der Waals surface area contributed by atoms with Gasteiger partial charge in [-0.05, 0) is 98.4 Å². The van der Waals surface area contributed by atoms with Crippen LogP contribution >= 0.6 is 0 Å². The summed E-state index contributed by atoms with van der Waals surface area (Å²) < 4.78 is 4.73. The van der Waals surface area contributed by atoms with Crippen molar-refractivity contribution in [2.24, 2.45) is 0 Å². The van der Waals surface area contributed by atoms with Gasteiger partial charge < -0.3 is 4.57 Å². The number of benzene rings is 10. The van der Waals surface area contributed by atoms with Crippen LogP contribution in [0.5, 0.6) is 0 Å². The van der Waals surface area contributed by atoms with E-state index < -0.39 is 0 Å². The average Bonchev–Trinajstić information content (AvgIpc) is 3.87. The first kappa shape index (κ1) is 34.5. The van der Waals surface area contributed by atoms with Crippen molar-refractivity contribution < 1.29 is 0 Å². The molecule has 0 bridgehead atoms. The predicted molar refractivity (Wildman–Crippen MR) is 260 cm³/mol. The highest BCUT2D eigenvalue weighted by molar-refractivity contribution is 6.23. The Kier molecular flexibility index (Phi) is 7.57. The standard InChI is InChI=1S/C58H36N4/c1-2-17-42(18-3-1)61-51-26-11-8-21-47(51)55-46(23-13-27-53(55)61)41-33-34-52-48(36-41)56-45-20-7-5-15-38(45)32-35-54(56)62(52)58-57(59-49-24-9-10-25-50(49)60-58)40-30-28-39(29-31-40)44-22-12-16-37-14-4-6-19-43(37)44/h1-36H. The zero-order chi connectivity index (χ0) is 40.7. The Balaban J connectivity index is 1.06. The van der Waals surface area contributed by atoms with E-state index in [9.17, 15) is 0 Å². The lowest BCUT2D eigenvalue weighted by Crippen LogP contribution is -2.03. The quantitative estimate of drug-likeness (QED) is 0.174. The summed E-state index contributed by atoms with van der Waals surface area (Å²) in [6, 6.07) is 78.5. The third-order valence-corrected chi connectivity index (χ3v) is 12.7. The summed E-state index contributed by atoms with van der Waals surface area (Å²) in [7, 11) is 0. The Hall–Kier alpha value is -8.34. The van der Waals surface area contributed by atoms with Gasteiger partial charge in [-0.1, -0.05) is 164 Å². The normalized spacial score (nSPS) is 11.9. The van der Waals surface area contributed by atoms with E-state index in [1.54, 1.807) is 0 Å². The lowest BCUT2D eigenvalue weighted by atomic mass is 9.97. The maximum atomic E-state index is 5.48. The van der Waals surface area contributed by atoms with Gasteiger partial charge in [-0.15, -0.1) is 0 Å². The summed E-state index contributed by atoms with van der Waals surface area (Å²) in [5.74, 6) is 0.803. The van der Waals surface area contributed by atoms with Crippen molar-refractivity contribution in [3.8, 4) is 45.0 Å². The number of fused-ring (bicyclic) bond motifs is 10. The van der Waals surface area contributed by atoms with Crippen LogP contribution in [0.4, 0.5) is 0 Å². The lowest BCUT2D eigenvalue weighted by Gasteiger charge is -2.15. The summed E-state index contributed by atoms with van der Waals surface area (Å²) >= 11 is 0. The van der Waals surface area contributed by atoms with Crippen LogP contribution in [0.3, 0.4) is 0 Å². The molecule has 0 atom stereocenters. The van der Waals surface area contributed by atoms with E-state index in [0.717, 1.165) is 44.8 Å². The van der Waals surface area contributed by atoms with Crippen molar-refractivity contribution in [2.45, 2.75) is 0 Å². The molecule has 4 nitrogen and oxygen atoms in total. The van der Waals surface area contributed by atoms with Gasteiger partial charge in [-0.2, -0.15) is 0 Å². The van der Waals surface area contributed by atoms with Crippen molar-refractivity contribution in [3.05, 3.63) is 218 Å². The maximum absolute atomic E-state index is 5.48. The van der Waals surface area contributed by atoms with Crippen LogP contribution < -0.4 is 0 Å². The van der Waals surface area contributed by atoms with Crippen molar-refractivity contribution in [2.75, 3.05) is 0 Å². The first-order valence-electron chi connectivity index (χ1n) is 21.2. The molecule has 0 saturated heterocycles.